The summed E-state index contributed by atoms with van der Waals surface area (Å²) in [6.07, 6.45) is 10.2. The predicted molar refractivity (Wildman–Crippen MR) is 73.1 cm³/mol. The second-order valence-corrected chi connectivity index (χ2v) is 2.99. The van der Waals surface area contributed by atoms with E-state index in [1.165, 1.54) is 6.42 Å². The van der Waals surface area contributed by atoms with Gasteiger partial charge in [-0.2, -0.15) is 0 Å². The number of carbonyl (C=O) groups excluding carboxylic acids is 1. The Morgan fingerprint density at radius 2 is 1.88 bits per heavy atom. The van der Waals surface area contributed by atoms with E-state index in [1.807, 2.05) is 13.8 Å². The van der Waals surface area contributed by atoms with Gasteiger partial charge in [0.1, 0.15) is 0 Å². The van der Waals surface area contributed by atoms with Crippen molar-refractivity contribution in [2.75, 3.05) is 7.05 Å². The van der Waals surface area contributed by atoms with Crippen LogP contribution in [0.1, 0.15) is 40.5 Å². The fraction of sp³-hybridized carbons (Fsp3) is 0.500. The van der Waals surface area contributed by atoms with Crippen molar-refractivity contribution in [2.45, 2.75) is 40.5 Å². The molecule has 1 N–H and O–H groups in total. The number of allylic oxidation sites excluding steroid dienone is 3. The second-order valence-electron chi connectivity index (χ2n) is 2.99. The minimum atomic E-state index is 0.0926. The van der Waals surface area contributed by atoms with E-state index >= 15 is 0 Å². The molecule has 0 aliphatic heterocycles. The van der Waals surface area contributed by atoms with Crippen molar-refractivity contribution in [3.05, 3.63) is 24.3 Å². The number of nitrogens with one attached hydrogen (secondary N) is 1. The van der Waals surface area contributed by atoms with E-state index in [1.54, 1.807) is 19.2 Å². The lowest BCUT2D eigenvalue weighted by atomic mass is 10.3. The highest BCUT2D eigenvalue weighted by molar-refractivity contribution is 5.74. The number of carbonyl (C=O) groups is 1. The van der Waals surface area contributed by atoms with E-state index in [0.717, 1.165) is 5.57 Å². The maximum atomic E-state index is 10.1. The molecule has 0 spiro atoms. The molecule has 1 amide bonds. The Labute approximate surface area is 101 Å². The van der Waals surface area contributed by atoms with Gasteiger partial charge >= 0.3 is 0 Å². The summed E-state index contributed by atoms with van der Waals surface area (Å²) in [7, 11) is 1.63. The first kappa shape index (κ1) is 20.0. The Morgan fingerprint density at radius 1 is 1.44 bits per heavy atom. The number of hydrogen-bond donors (Lipinski definition) is 1. The molecule has 0 heterocycles. The summed E-state index contributed by atoms with van der Waals surface area (Å²) in [4.78, 5) is 10.1. The molecule has 0 bridgehead atoms. The minimum absolute atomic E-state index is 0.0926. The van der Waals surface area contributed by atoms with Crippen molar-refractivity contribution < 1.29 is 4.79 Å². The molecule has 0 fully saturated rings. The topological polar surface area (TPSA) is 29.1 Å². The Morgan fingerprint density at radius 3 is 1.94 bits per heavy atom. The average molecular weight is 223 g/mol. The number of amides is 1. The third kappa shape index (κ3) is 29.4. The average Bonchev–Trinajstić information content (AvgIpc) is 2.30. The normalized spacial score (nSPS) is 8.38. The summed E-state index contributed by atoms with van der Waals surface area (Å²) >= 11 is 0. The van der Waals surface area contributed by atoms with Gasteiger partial charge in [0.25, 0.3) is 0 Å². The lowest BCUT2D eigenvalue weighted by Gasteiger charge is -1.87. The highest BCUT2D eigenvalue weighted by atomic mass is 16.1. The third-order valence-electron chi connectivity index (χ3n) is 1.23. The van der Waals surface area contributed by atoms with Crippen LogP contribution in [-0.2, 0) is 4.79 Å². The molecular weight excluding hydrogens is 198 g/mol. The third-order valence-corrected chi connectivity index (χ3v) is 1.23. The van der Waals surface area contributed by atoms with E-state index in [-0.39, 0.29) is 5.91 Å². The quantitative estimate of drug-likeness (QED) is 0.565. The molecule has 0 aliphatic rings. The van der Waals surface area contributed by atoms with Crippen LogP contribution in [0.4, 0.5) is 0 Å². The van der Waals surface area contributed by atoms with Crippen LogP contribution in [0.25, 0.3) is 0 Å². The van der Waals surface area contributed by atoms with Crippen LogP contribution in [0.5, 0.6) is 0 Å². The van der Waals surface area contributed by atoms with Crippen molar-refractivity contribution in [1.82, 2.24) is 5.32 Å². The van der Waals surface area contributed by atoms with Crippen molar-refractivity contribution in [3.63, 3.8) is 0 Å². The van der Waals surface area contributed by atoms with E-state index in [9.17, 15) is 4.79 Å². The molecule has 0 aliphatic carbocycles. The molecule has 0 unspecified atom stereocenters. The van der Waals surface area contributed by atoms with Gasteiger partial charge in [-0.15, -0.1) is 6.42 Å². The van der Waals surface area contributed by atoms with Gasteiger partial charge in [-0.05, 0) is 18.6 Å². The molecule has 0 aromatic carbocycles. The maximum absolute atomic E-state index is 10.1. The fourth-order valence-corrected chi connectivity index (χ4v) is 0.367. The van der Waals surface area contributed by atoms with Crippen LogP contribution in [0, 0.1) is 12.3 Å². The standard InChI is InChI=1S/C7H8.C4H9NO.C3H8/c1-4-6-7(3)5-2;1-3-4(6)5-2;1-3-2/h1,5-6H,2H2,3H3;3H2,1-2H3,(H,5,6);3H2,1-2H3/b7-6-;;. The first-order valence-electron chi connectivity index (χ1n) is 5.49. The largest absolute Gasteiger partial charge is 0.359 e. The van der Waals surface area contributed by atoms with Gasteiger partial charge in [0.2, 0.25) is 5.91 Å². The van der Waals surface area contributed by atoms with Gasteiger partial charge in [-0.1, -0.05) is 45.8 Å². The number of terminal acetylenes is 1. The molecule has 0 atom stereocenters. The lowest BCUT2D eigenvalue weighted by molar-refractivity contribution is -0.120. The van der Waals surface area contributed by atoms with Gasteiger partial charge in [-0.3, -0.25) is 4.79 Å². The molecule has 92 valence electrons. The maximum Gasteiger partial charge on any atom is 0.219 e. The minimum Gasteiger partial charge on any atom is -0.359 e. The summed E-state index contributed by atoms with van der Waals surface area (Å²) in [5.41, 5.74) is 1.03. The van der Waals surface area contributed by atoms with Gasteiger partial charge in [0, 0.05) is 13.5 Å². The summed E-state index contributed by atoms with van der Waals surface area (Å²) in [6.45, 7) is 11.5. The highest BCUT2D eigenvalue weighted by Gasteiger charge is 1.84. The molecule has 2 heteroatoms. The SMILES string of the molecule is C#C/C=C(/C)C=C.CCC.CCC(=O)NC. The van der Waals surface area contributed by atoms with Crippen molar-refractivity contribution in [1.29, 1.82) is 0 Å². The smallest absolute Gasteiger partial charge is 0.219 e. The van der Waals surface area contributed by atoms with Gasteiger partial charge in [-0.25, -0.2) is 0 Å². The molecule has 0 saturated carbocycles. The Bertz CT molecular complexity index is 228. The fourth-order valence-electron chi connectivity index (χ4n) is 0.367. The Balaban J connectivity index is -0.000000172. The molecule has 0 rings (SSSR count). The highest BCUT2D eigenvalue weighted by Crippen LogP contribution is 1.88. The number of rotatable bonds is 2. The van der Waals surface area contributed by atoms with Gasteiger partial charge < -0.3 is 5.32 Å². The van der Waals surface area contributed by atoms with Crippen molar-refractivity contribution >= 4 is 5.91 Å². The van der Waals surface area contributed by atoms with Crippen LogP contribution >= 0.6 is 0 Å². The van der Waals surface area contributed by atoms with Gasteiger partial charge in [0.05, 0.1) is 0 Å². The van der Waals surface area contributed by atoms with Crippen LogP contribution in [0.3, 0.4) is 0 Å². The molecule has 0 saturated heterocycles. The zero-order chi connectivity index (χ0) is 13.4. The predicted octanol–water partition coefficient (Wildman–Crippen LogP) is 3.31. The number of hydrogen-bond acceptors (Lipinski definition) is 1. The van der Waals surface area contributed by atoms with Crippen LogP contribution in [0.2, 0.25) is 0 Å². The van der Waals surface area contributed by atoms with E-state index in [0.29, 0.717) is 6.42 Å². The first-order valence-corrected chi connectivity index (χ1v) is 5.49. The summed E-state index contributed by atoms with van der Waals surface area (Å²) in [5.74, 6) is 2.48. The van der Waals surface area contributed by atoms with Crippen LogP contribution in [-0.4, -0.2) is 13.0 Å². The second kappa shape index (κ2) is 19.1. The molecule has 0 aromatic heterocycles. The molecule has 0 aromatic rings. The van der Waals surface area contributed by atoms with Crippen molar-refractivity contribution in [2.24, 2.45) is 0 Å². The molecule has 0 radical (unpaired) electrons. The van der Waals surface area contributed by atoms with Crippen molar-refractivity contribution in [3.8, 4) is 12.3 Å². The van der Waals surface area contributed by atoms with E-state index in [2.05, 4.69) is 31.7 Å². The zero-order valence-corrected chi connectivity index (χ0v) is 11.3. The Hall–Kier alpha value is -1.49. The zero-order valence-electron chi connectivity index (χ0n) is 11.3. The summed E-state index contributed by atoms with van der Waals surface area (Å²) in [6, 6.07) is 0. The van der Waals surface area contributed by atoms with E-state index < -0.39 is 0 Å². The monoisotopic (exact) mass is 223 g/mol. The van der Waals surface area contributed by atoms with E-state index in [4.69, 9.17) is 6.42 Å². The first-order chi connectivity index (χ1) is 7.53. The molecule has 2 nitrogen and oxygen atoms in total. The van der Waals surface area contributed by atoms with Crippen LogP contribution < -0.4 is 5.32 Å². The van der Waals surface area contributed by atoms with Crippen LogP contribution in [0.15, 0.2) is 24.3 Å². The summed E-state index contributed by atoms with van der Waals surface area (Å²) < 4.78 is 0. The van der Waals surface area contributed by atoms with Gasteiger partial charge in [0.15, 0.2) is 0 Å². The summed E-state index contributed by atoms with van der Waals surface area (Å²) in [5, 5.41) is 2.48. The molecule has 16 heavy (non-hydrogen) atoms. The molecular formula is C14H25NO. The Kier molecular flexibility index (Phi) is 23.9. The lowest BCUT2D eigenvalue weighted by Crippen LogP contribution is -2.15.